The predicted molar refractivity (Wildman–Crippen MR) is 107 cm³/mol. The normalized spacial score (nSPS) is 19.3. The number of halogens is 1. The number of thioether (sulfide) groups is 1. The van der Waals surface area contributed by atoms with Gasteiger partial charge in [0.2, 0.25) is 5.91 Å². The van der Waals surface area contributed by atoms with Gasteiger partial charge in [-0.1, -0.05) is 67.1 Å². The summed E-state index contributed by atoms with van der Waals surface area (Å²) < 4.78 is 13.2. The molecule has 1 fully saturated rings. The van der Waals surface area contributed by atoms with Gasteiger partial charge in [-0.25, -0.2) is 4.39 Å². The molecule has 0 spiro atoms. The van der Waals surface area contributed by atoms with Crippen molar-refractivity contribution in [2.24, 2.45) is 5.92 Å². The Labute approximate surface area is 164 Å². The molecule has 2 unspecified atom stereocenters. The molecule has 1 N–H and O–H groups in total. The highest BCUT2D eigenvalue weighted by molar-refractivity contribution is 7.99. The van der Waals surface area contributed by atoms with Crippen LogP contribution in [0.2, 0.25) is 0 Å². The first-order valence-corrected chi connectivity index (χ1v) is 10.3. The van der Waals surface area contributed by atoms with Crippen molar-refractivity contribution in [3.05, 3.63) is 54.1 Å². The van der Waals surface area contributed by atoms with Gasteiger partial charge in [0.05, 0.1) is 6.07 Å². The predicted octanol–water partition coefficient (Wildman–Crippen LogP) is 5.29. The number of alkyl halides is 1. The van der Waals surface area contributed by atoms with E-state index in [1.807, 2.05) is 36.4 Å². The molecule has 2 atom stereocenters. The van der Waals surface area contributed by atoms with Gasteiger partial charge in [-0.15, -0.1) is 0 Å². The maximum Gasteiger partial charge on any atom is 0.224 e. The van der Waals surface area contributed by atoms with Crippen LogP contribution in [0.3, 0.4) is 0 Å². The van der Waals surface area contributed by atoms with Crippen LogP contribution in [0.5, 0.6) is 0 Å². The van der Waals surface area contributed by atoms with Crippen LogP contribution in [0.15, 0.2) is 53.4 Å². The lowest BCUT2D eigenvalue weighted by atomic mass is 9.73. The van der Waals surface area contributed by atoms with Crippen molar-refractivity contribution in [3.63, 3.8) is 0 Å². The monoisotopic (exact) mass is 382 g/mol. The van der Waals surface area contributed by atoms with Gasteiger partial charge in [-0.3, -0.25) is 4.79 Å². The van der Waals surface area contributed by atoms with E-state index < -0.39 is 6.01 Å². The molecule has 1 amide bonds. The second-order valence-corrected chi connectivity index (χ2v) is 7.66. The first kappa shape index (κ1) is 19.4. The number of hydrogen-bond acceptors (Lipinski definition) is 3. The zero-order chi connectivity index (χ0) is 19.1. The smallest absolute Gasteiger partial charge is 0.224 e. The molecule has 0 heterocycles. The highest BCUT2D eigenvalue weighted by Gasteiger charge is 2.34. The topological polar surface area (TPSA) is 52.9 Å². The first-order valence-electron chi connectivity index (χ1n) is 9.28. The fourth-order valence-electron chi connectivity index (χ4n) is 4.03. The van der Waals surface area contributed by atoms with Crippen LogP contribution >= 0.6 is 11.8 Å². The minimum Gasteiger partial charge on any atom is -0.343 e. The third-order valence-corrected chi connectivity index (χ3v) is 5.95. The molecule has 0 saturated heterocycles. The maximum absolute atomic E-state index is 13.2. The van der Waals surface area contributed by atoms with Crippen molar-refractivity contribution in [1.29, 1.82) is 5.26 Å². The molecule has 1 saturated carbocycles. The Balaban J connectivity index is 2.06. The second-order valence-electron chi connectivity index (χ2n) is 6.71. The minimum absolute atomic E-state index is 0.0223. The highest BCUT2D eigenvalue weighted by Crippen LogP contribution is 2.45. The number of carbonyl (C=O) groups excluding carboxylic acids is 1. The zero-order valence-corrected chi connectivity index (χ0v) is 16.0. The second kappa shape index (κ2) is 9.57. The van der Waals surface area contributed by atoms with Crippen LogP contribution in [0.4, 0.5) is 4.39 Å². The number of nitriles is 1. The molecule has 5 heteroatoms. The van der Waals surface area contributed by atoms with E-state index in [0.717, 1.165) is 47.3 Å². The quantitative estimate of drug-likeness (QED) is 0.546. The van der Waals surface area contributed by atoms with E-state index in [9.17, 15) is 9.18 Å². The van der Waals surface area contributed by atoms with Crippen molar-refractivity contribution in [3.8, 4) is 17.2 Å². The summed E-state index contributed by atoms with van der Waals surface area (Å²) in [7, 11) is 0. The van der Waals surface area contributed by atoms with Crippen molar-refractivity contribution in [2.75, 3.05) is 12.6 Å². The van der Waals surface area contributed by atoms with Crippen molar-refractivity contribution < 1.29 is 9.18 Å². The fraction of sp³-hybridized carbons (Fsp3) is 0.364. The van der Waals surface area contributed by atoms with Gasteiger partial charge in [0.1, 0.15) is 12.6 Å². The molecule has 1 aliphatic carbocycles. The lowest BCUT2D eigenvalue weighted by molar-refractivity contribution is -0.126. The first-order chi connectivity index (χ1) is 13.3. The SMILES string of the molecule is N#CCNC(=O)C1CCCCC1c1c(SCF)cccc1-c1ccccc1. The molecule has 3 rings (SSSR count). The van der Waals surface area contributed by atoms with E-state index in [-0.39, 0.29) is 24.3 Å². The molecule has 27 heavy (non-hydrogen) atoms. The molecule has 2 aromatic rings. The Hall–Kier alpha value is -2.32. The van der Waals surface area contributed by atoms with Crippen molar-refractivity contribution in [1.82, 2.24) is 5.32 Å². The van der Waals surface area contributed by atoms with Gasteiger partial charge >= 0.3 is 0 Å². The van der Waals surface area contributed by atoms with E-state index in [4.69, 9.17) is 5.26 Å². The Bertz CT molecular complexity index is 819. The molecule has 140 valence electrons. The number of hydrogen-bond donors (Lipinski definition) is 1. The molecular weight excluding hydrogens is 359 g/mol. The van der Waals surface area contributed by atoms with E-state index in [1.165, 1.54) is 11.8 Å². The Morgan fingerprint density at radius 1 is 1.15 bits per heavy atom. The molecular formula is C22H23FN2OS. The Kier molecular flexibility index (Phi) is 6.89. The molecule has 0 aromatic heterocycles. The van der Waals surface area contributed by atoms with E-state index in [2.05, 4.69) is 23.5 Å². The molecule has 2 aromatic carbocycles. The summed E-state index contributed by atoms with van der Waals surface area (Å²) >= 11 is 1.19. The molecule has 3 nitrogen and oxygen atoms in total. The minimum atomic E-state index is -0.497. The van der Waals surface area contributed by atoms with Gasteiger partial charge in [-0.2, -0.15) is 5.26 Å². The van der Waals surface area contributed by atoms with E-state index >= 15 is 0 Å². The molecule has 0 aliphatic heterocycles. The lowest BCUT2D eigenvalue weighted by Gasteiger charge is -2.33. The Morgan fingerprint density at radius 3 is 2.67 bits per heavy atom. The average Bonchev–Trinajstić information content (AvgIpc) is 2.73. The molecule has 0 radical (unpaired) electrons. The number of carbonyl (C=O) groups is 1. The standard InChI is InChI=1S/C22H23FN2OS/c23-15-27-20-12-6-11-17(16-7-2-1-3-8-16)21(20)18-9-4-5-10-19(18)22(26)25-14-13-24/h1-3,6-8,11-12,18-19H,4-5,9-10,14-15H2,(H,25,26). The zero-order valence-electron chi connectivity index (χ0n) is 15.2. The van der Waals surface area contributed by atoms with E-state index in [1.54, 1.807) is 0 Å². The van der Waals surface area contributed by atoms with Crippen LogP contribution in [-0.2, 0) is 4.79 Å². The molecule has 1 aliphatic rings. The van der Waals surface area contributed by atoms with Gasteiger partial charge in [-0.05, 0) is 41.5 Å². The number of rotatable bonds is 6. The maximum atomic E-state index is 13.2. The summed E-state index contributed by atoms with van der Waals surface area (Å²) in [4.78, 5) is 13.6. The summed E-state index contributed by atoms with van der Waals surface area (Å²) in [5, 5.41) is 11.5. The van der Waals surface area contributed by atoms with Crippen LogP contribution in [0.25, 0.3) is 11.1 Å². The van der Waals surface area contributed by atoms with Crippen molar-refractivity contribution >= 4 is 17.7 Å². The van der Waals surface area contributed by atoms with E-state index in [0.29, 0.717) is 0 Å². The van der Waals surface area contributed by atoms with Gasteiger partial charge < -0.3 is 5.32 Å². The summed E-state index contributed by atoms with van der Waals surface area (Å²) in [6.45, 7) is 0.0223. The average molecular weight is 383 g/mol. The number of benzene rings is 2. The number of nitrogens with zero attached hydrogens (tertiary/aromatic N) is 1. The van der Waals surface area contributed by atoms with Crippen LogP contribution in [-0.4, -0.2) is 18.5 Å². The number of amides is 1. The molecule has 0 bridgehead atoms. The lowest BCUT2D eigenvalue weighted by Crippen LogP contribution is -2.36. The third-order valence-electron chi connectivity index (χ3n) is 5.18. The largest absolute Gasteiger partial charge is 0.343 e. The van der Waals surface area contributed by atoms with Crippen molar-refractivity contribution in [2.45, 2.75) is 36.5 Å². The van der Waals surface area contributed by atoms with Gasteiger partial charge in [0.15, 0.2) is 0 Å². The van der Waals surface area contributed by atoms with Gasteiger partial charge in [0, 0.05) is 10.8 Å². The highest BCUT2D eigenvalue weighted by atomic mass is 32.2. The van der Waals surface area contributed by atoms with Crippen LogP contribution < -0.4 is 5.32 Å². The third kappa shape index (κ3) is 4.51. The summed E-state index contributed by atoms with van der Waals surface area (Å²) in [6.07, 6.45) is 3.74. The van der Waals surface area contributed by atoms with Crippen LogP contribution in [0, 0.1) is 17.2 Å². The summed E-state index contributed by atoms with van der Waals surface area (Å²) in [5.41, 5.74) is 3.22. The summed E-state index contributed by atoms with van der Waals surface area (Å²) in [5.74, 6) is -0.223. The summed E-state index contributed by atoms with van der Waals surface area (Å²) in [6, 6.07) is 17.5. The Morgan fingerprint density at radius 2 is 1.93 bits per heavy atom. The van der Waals surface area contributed by atoms with Gasteiger partial charge in [0.25, 0.3) is 0 Å². The van der Waals surface area contributed by atoms with Crippen LogP contribution in [0.1, 0.15) is 37.2 Å². The fourth-order valence-corrected chi connectivity index (χ4v) is 4.74. The number of nitrogens with one attached hydrogen (secondary N) is 1.